The zero-order valence-electron chi connectivity index (χ0n) is 25.2. The molecule has 2 N–H and O–H groups in total. The first-order chi connectivity index (χ1) is 21.4. The molecular weight excluding hydrogens is 610 g/mol. The molecule has 1 aliphatic carbocycles. The molecule has 1 saturated carbocycles. The van der Waals surface area contributed by atoms with Crippen molar-refractivity contribution < 1.29 is 42.2 Å². The topological polar surface area (TPSA) is 156 Å². The van der Waals surface area contributed by atoms with Crippen LogP contribution in [0.1, 0.15) is 55.9 Å². The molecule has 0 bridgehead atoms. The molecule has 3 aromatic rings. The van der Waals surface area contributed by atoms with Crippen LogP contribution in [0.15, 0.2) is 48.8 Å². The molecule has 0 spiro atoms. The van der Waals surface area contributed by atoms with Crippen molar-refractivity contribution in [1.82, 2.24) is 15.0 Å². The summed E-state index contributed by atoms with van der Waals surface area (Å²) in [5.41, 5.74) is 1.28. The number of carbonyl (C=O) groups is 2. The summed E-state index contributed by atoms with van der Waals surface area (Å²) in [4.78, 5) is 37.2. The molecule has 0 aromatic carbocycles. The van der Waals surface area contributed by atoms with Gasteiger partial charge in [-0.15, -0.1) is 0 Å². The maximum atomic E-state index is 13.1. The number of aryl methyl sites for hydroxylation is 1. The van der Waals surface area contributed by atoms with Crippen LogP contribution in [0.25, 0.3) is 11.3 Å². The number of hydrogen-bond acceptors (Lipinski definition) is 11. The fourth-order valence-corrected chi connectivity index (χ4v) is 5.46. The number of halogens is 2. The van der Waals surface area contributed by atoms with E-state index >= 15 is 0 Å². The molecule has 0 aliphatic heterocycles. The van der Waals surface area contributed by atoms with Gasteiger partial charge in [-0.2, -0.15) is 0 Å². The van der Waals surface area contributed by atoms with Gasteiger partial charge in [-0.05, 0) is 87.4 Å². The molecule has 45 heavy (non-hydrogen) atoms. The van der Waals surface area contributed by atoms with Crippen LogP contribution >= 0.6 is 0 Å². The Morgan fingerprint density at radius 2 is 1.84 bits per heavy atom. The van der Waals surface area contributed by atoms with E-state index in [1.54, 1.807) is 25.3 Å². The molecule has 4 rings (SSSR count). The lowest BCUT2D eigenvalue weighted by atomic mass is 9.73. The number of hydrogen-bond donors (Lipinski definition) is 2. The number of anilines is 2. The minimum Gasteiger partial charge on any atom is -0.616 e. The van der Waals surface area contributed by atoms with E-state index in [1.165, 1.54) is 24.6 Å². The molecule has 0 saturated heterocycles. The fourth-order valence-electron chi connectivity index (χ4n) is 5.14. The Morgan fingerprint density at radius 1 is 1.09 bits per heavy atom. The predicted octanol–water partition coefficient (Wildman–Crippen LogP) is 5.57. The number of esters is 1. The second-order valence-electron chi connectivity index (χ2n) is 11.0. The maximum absolute atomic E-state index is 13.1. The van der Waals surface area contributed by atoms with Gasteiger partial charge >= 0.3 is 12.1 Å². The fraction of sp³-hybridized carbons (Fsp3) is 0.452. The van der Waals surface area contributed by atoms with E-state index in [2.05, 4.69) is 20.3 Å². The molecule has 242 valence electrons. The lowest BCUT2D eigenvalue weighted by Crippen LogP contribution is -2.37. The highest BCUT2D eigenvalue weighted by Gasteiger charge is 2.39. The number of nitrogens with one attached hydrogen (secondary N) is 1. The van der Waals surface area contributed by atoms with E-state index in [0.717, 1.165) is 5.56 Å². The number of aromatic nitrogens is 3. The minimum absolute atomic E-state index is 0.0563. The first kappa shape index (κ1) is 34.0. The summed E-state index contributed by atoms with van der Waals surface area (Å²) < 4.78 is 51.7. The van der Waals surface area contributed by atoms with Gasteiger partial charge in [-0.1, -0.05) is 11.2 Å². The number of rotatable bonds is 12. The first-order valence-electron chi connectivity index (χ1n) is 14.4. The number of nitrogens with zero attached hydrogens (tertiary/aromatic N) is 3. The van der Waals surface area contributed by atoms with E-state index in [1.807, 2.05) is 19.1 Å². The quantitative estimate of drug-likeness (QED) is 0.144. The lowest BCUT2D eigenvalue weighted by Gasteiger charge is -2.37. The predicted molar refractivity (Wildman–Crippen MR) is 162 cm³/mol. The third kappa shape index (κ3) is 9.55. The van der Waals surface area contributed by atoms with Crippen LogP contribution in [-0.4, -0.2) is 62.1 Å². The summed E-state index contributed by atoms with van der Waals surface area (Å²) in [6, 6.07) is 9.74. The van der Waals surface area contributed by atoms with Crippen molar-refractivity contribution >= 4 is 34.9 Å². The largest absolute Gasteiger partial charge is 0.616 e. The SMILES string of the molecule is Cc1cc(Nc2cc(C(F)F)ccn2)nc(-c2ccc([C@](C)(O)[C@H]3CC[C@H](C(=O)OCOC(=O)OCC[S+](C)[O-])CC3)nc2)c1. The van der Waals surface area contributed by atoms with Crippen LogP contribution in [0.4, 0.5) is 25.2 Å². The number of carbonyl (C=O) groups excluding carboxylic acids is 2. The summed E-state index contributed by atoms with van der Waals surface area (Å²) >= 11 is -1.10. The molecule has 0 radical (unpaired) electrons. The Labute approximate surface area is 262 Å². The summed E-state index contributed by atoms with van der Waals surface area (Å²) in [5, 5.41) is 14.4. The van der Waals surface area contributed by atoms with Crippen LogP contribution < -0.4 is 5.32 Å². The van der Waals surface area contributed by atoms with Crippen LogP contribution in [0, 0.1) is 18.8 Å². The number of pyridine rings is 3. The number of alkyl halides is 2. The minimum atomic E-state index is -2.61. The zero-order valence-corrected chi connectivity index (χ0v) is 26.0. The monoisotopic (exact) mass is 646 g/mol. The Balaban J connectivity index is 1.31. The van der Waals surface area contributed by atoms with E-state index in [-0.39, 0.29) is 29.7 Å². The van der Waals surface area contributed by atoms with Gasteiger partial charge in [0, 0.05) is 23.5 Å². The molecular formula is C31H36F2N4O7S. The van der Waals surface area contributed by atoms with Crippen molar-refractivity contribution in [2.45, 2.75) is 51.6 Å². The van der Waals surface area contributed by atoms with Crippen molar-refractivity contribution in [3.8, 4) is 11.3 Å². The van der Waals surface area contributed by atoms with E-state index in [9.17, 15) is 28.0 Å². The van der Waals surface area contributed by atoms with Gasteiger partial charge in [0.05, 0.1) is 23.6 Å². The molecule has 3 aromatic heterocycles. The van der Waals surface area contributed by atoms with Gasteiger partial charge < -0.3 is 29.2 Å². The van der Waals surface area contributed by atoms with Crippen LogP contribution in [0.3, 0.4) is 0 Å². The first-order valence-corrected chi connectivity index (χ1v) is 16.1. The van der Waals surface area contributed by atoms with Gasteiger partial charge in [0.25, 0.3) is 6.43 Å². The summed E-state index contributed by atoms with van der Waals surface area (Å²) in [6.07, 6.45) is 2.90. The highest BCUT2D eigenvalue weighted by Crippen LogP contribution is 2.41. The van der Waals surface area contributed by atoms with Crippen molar-refractivity contribution in [2.24, 2.45) is 11.8 Å². The van der Waals surface area contributed by atoms with Crippen molar-refractivity contribution in [1.29, 1.82) is 0 Å². The van der Waals surface area contributed by atoms with Gasteiger partial charge in [0.1, 0.15) is 29.6 Å². The standard InChI is InChI=1S/C31H36F2N4O7S/c1-19-14-24(36-27(15-19)37-26-16-21(28(32)33)10-11-34-26)22-6-9-25(35-17-22)31(2,40)23-7-4-20(5-8-23)29(38)43-18-44-30(39)42-12-13-45(3)41/h6,9-11,14-17,20,23,28,40H,4-5,7-8,12-13,18H2,1-3H3,(H,34,36,37)/t20-,23-,31-,45?/m1/s1. The molecule has 11 nitrogen and oxygen atoms in total. The van der Waals surface area contributed by atoms with E-state index in [0.29, 0.717) is 48.5 Å². The molecule has 2 atom stereocenters. The van der Waals surface area contributed by atoms with E-state index < -0.39 is 48.0 Å². The van der Waals surface area contributed by atoms with Crippen molar-refractivity contribution in [2.75, 3.05) is 30.7 Å². The number of ether oxygens (including phenoxy) is 3. The average Bonchev–Trinajstić information content (AvgIpc) is 3.01. The summed E-state index contributed by atoms with van der Waals surface area (Å²) in [6.45, 7) is 2.97. The Hall–Kier alpha value is -3.88. The zero-order chi connectivity index (χ0) is 32.6. The van der Waals surface area contributed by atoms with Crippen molar-refractivity contribution in [3.05, 3.63) is 65.6 Å². The van der Waals surface area contributed by atoms with Crippen LogP contribution in [0.2, 0.25) is 0 Å². The highest BCUT2D eigenvalue weighted by molar-refractivity contribution is 7.90. The molecule has 1 unspecified atom stereocenters. The second kappa shape index (κ2) is 15.4. The summed E-state index contributed by atoms with van der Waals surface area (Å²) in [7, 11) is 0. The molecule has 14 heteroatoms. The van der Waals surface area contributed by atoms with Crippen LogP contribution in [0.5, 0.6) is 0 Å². The Bertz CT molecular complexity index is 1450. The third-order valence-electron chi connectivity index (χ3n) is 7.66. The second-order valence-corrected chi connectivity index (χ2v) is 12.6. The van der Waals surface area contributed by atoms with Crippen LogP contribution in [-0.2, 0) is 35.8 Å². The van der Waals surface area contributed by atoms with Crippen molar-refractivity contribution in [3.63, 3.8) is 0 Å². The average molecular weight is 647 g/mol. The lowest BCUT2D eigenvalue weighted by molar-refractivity contribution is -0.160. The molecule has 1 aliphatic rings. The van der Waals surface area contributed by atoms with Gasteiger partial charge in [-0.3, -0.25) is 9.78 Å². The molecule has 0 amide bonds. The number of aliphatic hydroxyl groups is 1. The summed E-state index contributed by atoms with van der Waals surface area (Å²) in [5.74, 6) is -0.159. The Kier molecular flexibility index (Phi) is 11.6. The van der Waals surface area contributed by atoms with Gasteiger partial charge in [0.2, 0.25) is 6.79 Å². The van der Waals surface area contributed by atoms with Gasteiger partial charge in [-0.25, -0.2) is 23.5 Å². The van der Waals surface area contributed by atoms with E-state index in [4.69, 9.17) is 14.2 Å². The maximum Gasteiger partial charge on any atom is 0.511 e. The molecule has 1 fully saturated rings. The normalized spacial score (nSPS) is 18.5. The third-order valence-corrected chi connectivity index (χ3v) is 8.41. The van der Waals surface area contributed by atoms with Gasteiger partial charge in [0.15, 0.2) is 0 Å². The highest BCUT2D eigenvalue weighted by atomic mass is 32.2. The smallest absolute Gasteiger partial charge is 0.511 e. The molecule has 3 heterocycles. The Morgan fingerprint density at radius 3 is 2.51 bits per heavy atom.